The van der Waals surface area contributed by atoms with Crippen LogP contribution in [-0.2, 0) is 12.5 Å². The molecule has 3 aromatic carbocycles. The van der Waals surface area contributed by atoms with E-state index in [9.17, 15) is 14.0 Å². The summed E-state index contributed by atoms with van der Waals surface area (Å²) >= 11 is 0. The second kappa shape index (κ2) is 15.0. The summed E-state index contributed by atoms with van der Waals surface area (Å²) in [6.07, 6.45) is 5.83. The minimum atomic E-state index is -3.10. The fourth-order valence-electron chi connectivity index (χ4n) is 6.99. The van der Waals surface area contributed by atoms with Crippen molar-refractivity contribution in [2.24, 2.45) is 0 Å². The first-order valence-corrected chi connectivity index (χ1v) is 17.4. The summed E-state index contributed by atoms with van der Waals surface area (Å²) in [4.78, 5) is 9.75. The van der Waals surface area contributed by atoms with Gasteiger partial charge in [-0.15, -0.1) is 6.58 Å². The summed E-state index contributed by atoms with van der Waals surface area (Å²) in [6.45, 7) is 19.4. The van der Waals surface area contributed by atoms with E-state index >= 15 is 4.39 Å². The maximum atomic E-state index is 15.7. The van der Waals surface area contributed by atoms with Gasteiger partial charge >= 0.3 is 0 Å². The van der Waals surface area contributed by atoms with Crippen molar-refractivity contribution in [3.63, 3.8) is 0 Å². The number of allylic oxidation sites excluding steroid dienone is 2. The van der Waals surface area contributed by atoms with Crippen molar-refractivity contribution in [1.82, 2.24) is 9.88 Å². The molecular formula is C43H47F3N4. The number of nitrogens with zero attached hydrogens (tertiary/aromatic N) is 4. The van der Waals surface area contributed by atoms with Gasteiger partial charge < -0.3 is 9.80 Å². The Morgan fingerprint density at radius 2 is 1.70 bits per heavy atom. The Morgan fingerprint density at radius 1 is 1.00 bits per heavy atom. The molecule has 0 amide bonds. The maximum Gasteiger partial charge on any atom is 0.270 e. The van der Waals surface area contributed by atoms with Crippen molar-refractivity contribution in [1.29, 1.82) is 5.26 Å². The zero-order chi connectivity index (χ0) is 36.3. The fourth-order valence-corrected chi connectivity index (χ4v) is 6.99. The Labute approximate surface area is 295 Å². The van der Waals surface area contributed by atoms with Gasteiger partial charge in [-0.3, -0.25) is 0 Å². The van der Waals surface area contributed by atoms with Crippen molar-refractivity contribution in [3.05, 3.63) is 130 Å². The summed E-state index contributed by atoms with van der Waals surface area (Å²) in [5.74, 6) is -2.86. The van der Waals surface area contributed by atoms with Gasteiger partial charge in [0, 0.05) is 54.4 Å². The Balaban J connectivity index is 1.65. The van der Waals surface area contributed by atoms with Gasteiger partial charge in [0.15, 0.2) is 0 Å². The van der Waals surface area contributed by atoms with E-state index in [-0.39, 0.29) is 28.9 Å². The standard InChI is InChI=1S/C43H47F3N4/c1-9-12-30(6)50(31(7)35(10-2)33-21-32(25-47)22-34(23-33)43(8,45)46)26-41-37(15-16-42(48-41)49-17-11-18-49)38-24-39(40(44)20-29(38)5)36-14-13-27(3)19-28(36)4/h10,12-16,19-24,31,35H,2,9,11,17-18,26H2,1,3-8H3/b30-12-. The third-order valence-corrected chi connectivity index (χ3v) is 9.93. The first-order valence-electron chi connectivity index (χ1n) is 17.4. The molecular weight excluding hydrogens is 629 g/mol. The van der Waals surface area contributed by atoms with E-state index in [0.717, 1.165) is 83.4 Å². The van der Waals surface area contributed by atoms with Gasteiger partial charge in [-0.05, 0) is 118 Å². The second-order valence-electron chi connectivity index (χ2n) is 13.7. The predicted octanol–water partition coefficient (Wildman–Crippen LogP) is 11.1. The topological polar surface area (TPSA) is 43.2 Å². The van der Waals surface area contributed by atoms with Crippen molar-refractivity contribution in [2.45, 2.75) is 85.7 Å². The van der Waals surface area contributed by atoms with E-state index in [2.05, 4.69) is 61.4 Å². The van der Waals surface area contributed by atoms with Crippen LogP contribution in [0.1, 0.15) is 85.5 Å². The second-order valence-corrected chi connectivity index (χ2v) is 13.7. The minimum absolute atomic E-state index is 0.183. The van der Waals surface area contributed by atoms with Crippen molar-refractivity contribution < 1.29 is 13.2 Å². The van der Waals surface area contributed by atoms with Crippen LogP contribution in [0.15, 0.2) is 85.1 Å². The number of aryl methyl sites for hydroxylation is 3. The van der Waals surface area contributed by atoms with Crippen LogP contribution in [0.4, 0.5) is 19.0 Å². The minimum Gasteiger partial charge on any atom is -0.366 e. The lowest BCUT2D eigenvalue weighted by atomic mass is 9.87. The van der Waals surface area contributed by atoms with E-state index in [1.165, 1.54) is 12.1 Å². The number of benzene rings is 3. The van der Waals surface area contributed by atoms with E-state index in [0.29, 0.717) is 17.7 Å². The third kappa shape index (κ3) is 7.65. The molecule has 2 unspecified atom stereocenters. The Hall–Kier alpha value is -4.83. The van der Waals surface area contributed by atoms with Crippen molar-refractivity contribution >= 4 is 5.82 Å². The largest absolute Gasteiger partial charge is 0.366 e. The van der Waals surface area contributed by atoms with Crippen molar-refractivity contribution in [2.75, 3.05) is 18.0 Å². The molecule has 5 rings (SSSR count). The Bertz CT molecular complexity index is 1960. The quantitative estimate of drug-likeness (QED) is 0.140. The number of aromatic nitrogens is 1. The fraction of sp³-hybridized carbons (Fsp3) is 0.349. The van der Waals surface area contributed by atoms with Gasteiger partial charge in [0.05, 0.1) is 23.9 Å². The van der Waals surface area contributed by atoms with Crippen LogP contribution in [0.2, 0.25) is 0 Å². The van der Waals surface area contributed by atoms with Gasteiger partial charge in [-0.25, -0.2) is 18.2 Å². The number of nitriles is 1. The van der Waals surface area contributed by atoms with E-state index < -0.39 is 5.92 Å². The first kappa shape index (κ1) is 36.5. The number of pyridine rings is 1. The van der Waals surface area contributed by atoms with E-state index in [1.54, 1.807) is 18.2 Å². The van der Waals surface area contributed by atoms with Gasteiger partial charge in [0.2, 0.25) is 0 Å². The molecule has 4 nitrogen and oxygen atoms in total. The Kier molecular flexibility index (Phi) is 10.9. The molecule has 1 fully saturated rings. The molecule has 2 heterocycles. The van der Waals surface area contributed by atoms with Gasteiger partial charge in [0.25, 0.3) is 5.92 Å². The highest BCUT2D eigenvalue weighted by Crippen LogP contribution is 2.38. The normalized spacial score (nSPS) is 14.5. The van der Waals surface area contributed by atoms with Crippen LogP contribution in [0.3, 0.4) is 0 Å². The number of halogens is 3. The predicted molar refractivity (Wildman–Crippen MR) is 199 cm³/mol. The third-order valence-electron chi connectivity index (χ3n) is 9.93. The van der Waals surface area contributed by atoms with Gasteiger partial charge in [-0.2, -0.15) is 5.26 Å². The summed E-state index contributed by atoms with van der Waals surface area (Å²) in [6, 6.07) is 20.0. The lowest BCUT2D eigenvalue weighted by Crippen LogP contribution is -2.38. The molecule has 2 atom stereocenters. The van der Waals surface area contributed by atoms with Crippen LogP contribution >= 0.6 is 0 Å². The van der Waals surface area contributed by atoms with Crippen LogP contribution in [0.25, 0.3) is 22.3 Å². The highest BCUT2D eigenvalue weighted by molar-refractivity contribution is 5.79. The zero-order valence-corrected chi connectivity index (χ0v) is 30.2. The molecule has 1 aromatic heterocycles. The number of alkyl halides is 2. The monoisotopic (exact) mass is 676 g/mol. The summed E-state index contributed by atoms with van der Waals surface area (Å²) in [5.41, 5.74) is 8.57. The molecule has 0 spiro atoms. The van der Waals surface area contributed by atoms with Gasteiger partial charge in [-0.1, -0.05) is 42.8 Å². The summed E-state index contributed by atoms with van der Waals surface area (Å²) < 4.78 is 44.8. The molecule has 4 aromatic rings. The van der Waals surface area contributed by atoms with Crippen LogP contribution < -0.4 is 4.90 Å². The van der Waals surface area contributed by atoms with E-state index in [4.69, 9.17) is 4.98 Å². The van der Waals surface area contributed by atoms with Crippen LogP contribution in [-0.4, -0.2) is 29.0 Å². The number of hydrogen-bond donors (Lipinski definition) is 0. The lowest BCUT2D eigenvalue weighted by molar-refractivity contribution is 0.0173. The van der Waals surface area contributed by atoms with Crippen LogP contribution in [0.5, 0.6) is 0 Å². The summed E-state index contributed by atoms with van der Waals surface area (Å²) in [5, 5.41) is 9.73. The molecule has 1 aliphatic heterocycles. The molecule has 7 heteroatoms. The highest BCUT2D eigenvalue weighted by atomic mass is 19.3. The SMILES string of the molecule is C=CC(c1cc(C#N)cc(C(C)(F)F)c1)C(C)N(Cc1nc(N2CCC2)ccc1-c1cc(-c2ccc(C)cc2C)c(F)cc1C)/C(C)=C\CC. The molecule has 1 aliphatic rings. The molecule has 0 saturated carbocycles. The number of anilines is 1. The maximum absolute atomic E-state index is 15.7. The molecule has 0 aliphatic carbocycles. The highest BCUT2D eigenvalue weighted by Gasteiger charge is 2.30. The molecule has 0 N–H and O–H groups in total. The van der Waals surface area contributed by atoms with Crippen molar-refractivity contribution in [3.8, 4) is 28.3 Å². The summed E-state index contributed by atoms with van der Waals surface area (Å²) in [7, 11) is 0. The number of hydrogen-bond acceptors (Lipinski definition) is 4. The lowest BCUT2D eigenvalue weighted by Gasteiger charge is -2.37. The molecule has 0 radical (unpaired) electrons. The van der Waals surface area contributed by atoms with Crippen LogP contribution in [0, 0.1) is 37.9 Å². The average molecular weight is 677 g/mol. The average Bonchev–Trinajstić information content (AvgIpc) is 3.03. The van der Waals surface area contributed by atoms with Gasteiger partial charge in [0.1, 0.15) is 11.6 Å². The zero-order valence-electron chi connectivity index (χ0n) is 30.2. The molecule has 0 bridgehead atoms. The number of rotatable bonds is 12. The van der Waals surface area contributed by atoms with E-state index in [1.807, 2.05) is 45.0 Å². The smallest absolute Gasteiger partial charge is 0.270 e. The first-order chi connectivity index (χ1) is 23.7. The molecule has 1 saturated heterocycles. The Morgan fingerprint density at radius 3 is 2.30 bits per heavy atom. The molecule has 50 heavy (non-hydrogen) atoms. The molecule has 260 valence electrons.